The van der Waals surface area contributed by atoms with Crippen LogP contribution < -0.4 is 5.32 Å². The lowest BCUT2D eigenvalue weighted by Gasteiger charge is -2.30. The normalized spacial score (nSPS) is 11.8. The van der Waals surface area contributed by atoms with E-state index >= 15 is 0 Å². The summed E-state index contributed by atoms with van der Waals surface area (Å²) in [4.78, 5) is 14.9. The number of carbonyl (C=O) groups excluding carboxylic acids is 1. The van der Waals surface area contributed by atoms with Gasteiger partial charge in [0.15, 0.2) is 0 Å². The summed E-state index contributed by atoms with van der Waals surface area (Å²) >= 11 is 0. The molecule has 1 atom stereocenters. The Morgan fingerprint density at radius 2 is 1.77 bits per heavy atom. The van der Waals surface area contributed by atoms with Crippen LogP contribution in [0.1, 0.15) is 35.3 Å². The SMILES string of the molecule is CCN(CC)C(CNC(=O)c1cccc(CC#N)c1)Cc1ccccc1. The highest BCUT2D eigenvalue weighted by Gasteiger charge is 2.18. The van der Waals surface area contributed by atoms with Gasteiger partial charge in [0, 0.05) is 18.2 Å². The number of likely N-dealkylation sites (N-methyl/N-ethyl adjacent to an activating group) is 1. The Bertz CT molecular complexity index is 733. The first-order chi connectivity index (χ1) is 12.7. The molecule has 0 saturated carbocycles. The summed E-state index contributed by atoms with van der Waals surface area (Å²) < 4.78 is 0. The van der Waals surface area contributed by atoms with E-state index in [4.69, 9.17) is 5.26 Å². The summed E-state index contributed by atoms with van der Waals surface area (Å²) in [6, 6.07) is 20.0. The van der Waals surface area contributed by atoms with Gasteiger partial charge in [0.2, 0.25) is 0 Å². The minimum atomic E-state index is -0.0880. The van der Waals surface area contributed by atoms with Crippen LogP contribution in [0.4, 0.5) is 0 Å². The fourth-order valence-electron chi connectivity index (χ4n) is 3.18. The van der Waals surface area contributed by atoms with Crippen LogP contribution in [0.15, 0.2) is 54.6 Å². The zero-order valence-corrected chi connectivity index (χ0v) is 15.6. The standard InChI is InChI=1S/C22H27N3O/c1-3-25(4-2)21(16-18-9-6-5-7-10-18)17-24-22(26)20-12-8-11-19(15-20)13-14-23/h5-12,15,21H,3-4,13,16-17H2,1-2H3,(H,24,26). The molecule has 136 valence electrons. The molecule has 1 N–H and O–H groups in total. The van der Waals surface area contributed by atoms with Crippen molar-refractivity contribution in [1.29, 1.82) is 5.26 Å². The highest BCUT2D eigenvalue weighted by Crippen LogP contribution is 2.10. The summed E-state index contributed by atoms with van der Waals surface area (Å²) in [6.45, 7) is 6.78. The van der Waals surface area contributed by atoms with Crippen molar-refractivity contribution in [1.82, 2.24) is 10.2 Å². The van der Waals surface area contributed by atoms with Crippen LogP contribution in [-0.2, 0) is 12.8 Å². The van der Waals surface area contributed by atoms with E-state index in [0.717, 1.165) is 25.1 Å². The Labute approximate surface area is 156 Å². The average molecular weight is 349 g/mol. The van der Waals surface area contributed by atoms with Crippen LogP contribution in [0.2, 0.25) is 0 Å². The van der Waals surface area contributed by atoms with E-state index in [1.165, 1.54) is 5.56 Å². The topological polar surface area (TPSA) is 56.1 Å². The molecule has 0 fully saturated rings. The third kappa shape index (κ3) is 5.72. The Kier molecular flexibility index (Phi) is 7.85. The van der Waals surface area contributed by atoms with Crippen LogP contribution in [-0.4, -0.2) is 36.5 Å². The zero-order valence-electron chi connectivity index (χ0n) is 15.6. The highest BCUT2D eigenvalue weighted by atomic mass is 16.1. The predicted molar refractivity (Wildman–Crippen MR) is 105 cm³/mol. The highest BCUT2D eigenvalue weighted by molar-refractivity contribution is 5.94. The summed E-state index contributed by atoms with van der Waals surface area (Å²) in [7, 11) is 0. The van der Waals surface area contributed by atoms with Crippen molar-refractivity contribution in [2.24, 2.45) is 0 Å². The molecule has 0 aromatic heterocycles. The molecule has 0 saturated heterocycles. The second-order valence-corrected chi connectivity index (χ2v) is 6.31. The van der Waals surface area contributed by atoms with E-state index in [0.29, 0.717) is 18.5 Å². The lowest BCUT2D eigenvalue weighted by molar-refractivity contribution is 0.0934. The van der Waals surface area contributed by atoms with Gasteiger partial charge in [-0.05, 0) is 42.8 Å². The van der Waals surface area contributed by atoms with Crippen LogP contribution in [0.5, 0.6) is 0 Å². The number of hydrogen-bond acceptors (Lipinski definition) is 3. The van der Waals surface area contributed by atoms with Crippen LogP contribution in [0, 0.1) is 11.3 Å². The maximum Gasteiger partial charge on any atom is 0.251 e. The Balaban J connectivity index is 2.04. The maximum absolute atomic E-state index is 12.5. The molecule has 0 aliphatic carbocycles. The van der Waals surface area contributed by atoms with Crippen LogP contribution in [0.3, 0.4) is 0 Å². The lowest BCUT2D eigenvalue weighted by Crippen LogP contribution is -2.45. The van der Waals surface area contributed by atoms with Gasteiger partial charge in [-0.25, -0.2) is 0 Å². The minimum absolute atomic E-state index is 0.0880. The fraction of sp³-hybridized carbons (Fsp3) is 0.364. The molecule has 0 spiro atoms. The Morgan fingerprint density at radius 1 is 1.08 bits per heavy atom. The van der Waals surface area contributed by atoms with E-state index in [1.807, 2.05) is 30.3 Å². The van der Waals surface area contributed by atoms with Crippen molar-refractivity contribution in [3.63, 3.8) is 0 Å². The number of hydrogen-bond donors (Lipinski definition) is 1. The summed E-state index contributed by atoms with van der Waals surface area (Å²) in [5, 5.41) is 11.9. The maximum atomic E-state index is 12.5. The quantitative estimate of drug-likeness (QED) is 0.754. The zero-order chi connectivity index (χ0) is 18.8. The number of benzene rings is 2. The molecule has 2 aromatic rings. The van der Waals surface area contributed by atoms with Gasteiger partial charge in [0.1, 0.15) is 0 Å². The minimum Gasteiger partial charge on any atom is -0.350 e. The van der Waals surface area contributed by atoms with Gasteiger partial charge < -0.3 is 5.32 Å². The number of amides is 1. The van der Waals surface area contributed by atoms with E-state index in [-0.39, 0.29) is 11.9 Å². The number of nitriles is 1. The van der Waals surface area contributed by atoms with E-state index in [2.05, 4.69) is 42.3 Å². The molecule has 0 radical (unpaired) electrons. The van der Waals surface area contributed by atoms with Crippen molar-refractivity contribution in [2.45, 2.75) is 32.7 Å². The molecule has 0 heterocycles. The first-order valence-corrected chi connectivity index (χ1v) is 9.20. The largest absolute Gasteiger partial charge is 0.350 e. The molecular formula is C22H27N3O. The molecule has 0 bridgehead atoms. The van der Waals surface area contributed by atoms with Gasteiger partial charge in [-0.15, -0.1) is 0 Å². The van der Waals surface area contributed by atoms with Gasteiger partial charge in [0.05, 0.1) is 12.5 Å². The van der Waals surface area contributed by atoms with Crippen molar-refractivity contribution >= 4 is 5.91 Å². The lowest BCUT2D eigenvalue weighted by atomic mass is 10.0. The first kappa shape index (κ1) is 19.7. The van der Waals surface area contributed by atoms with Gasteiger partial charge in [0.25, 0.3) is 5.91 Å². The molecule has 2 aromatic carbocycles. The Hall–Kier alpha value is -2.64. The van der Waals surface area contributed by atoms with Gasteiger partial charge in [-0.1, -0.05) is 56.3 Å². The van der Waals surface area contributed by atoms with Crippen LogP contribution >= 0.6 is 0 Å². The van der Waals surface area contributed by atoms with Crippen LogP contribution in [0.25, 0.3) is 0 Å². The van der Waals surface area contributed by atoms with Crippen molar-refractivity contribution in [3.8, 4) is 6.07 Å². The third-order valence-electron chi connectivity index (χ3n) is 4.61. The first-order valence-electron chi connectivity index (χ1n) is 9.20. The smallest absolute Gasteiger partial charge is 0.251 e. The van der Waals surface area contributed by atoms with Gasteiger partial charge >= 0.3 is 0 Å². The molecule has 1 amide bonds. The second kappa shape index (κ2) is 10.4. The van der Waals surface area contributed by atoms with E-state index in [1.54, 1.807) is 12.1 Å². The molecule has 1 unspecified atom stereocenters. The molecule has 2 rings (SSSR count). The molecular weight excluding hydrogens is 322 g/mol. The number of nitrogens with zero attached hydrogens (tertiary/aromatic N) is 2. The summed E-state index contributed by atoms with van der Waals surface area (Å²) in [5.41, 5.74) is 2.75. The second-order valence-electron chi connectivity index (χ2n) is 6.31. The monoisotopic (exact) mass is 349 g/mol. The number of nitrogens with one attached hydrogen (secondary N) is 1. The number of rotatable bonds is 9. The third-order valence-corrected chi connectivity index (χ3v) is 4.61. The van der Waals surface area contributed by atoms with E-state index < -0.39 is 0 Å². The number of carbonyl (C=O) groups is 1. The Morgan fingerprint density at radius 3 is 2.42 bits per heavy atom. The van der Waals surface area contributed by atoms with E-state index in [9.17, 15) is 4.79 Å². The van der Waals surface area contributed by atoms with Gasteiger partial charge in [-0.3, -0.25) is 9.69 Å². The molecule has 26 heavy (non-hydrogen) atoms. The molecule has 0 aliphatic heterocycles. The summed E-state index contributed by atoms with van der Waals surface area (Å²) in [5.74, 6) is -0.0880. The predicted octanol–water partition coefficient (Wildman–Crippen LogP) is 3.44. The molecule has 4 nitrogen and oxygen atoms in total. The molecule has 4 heteroatoms. The fourth-order valence-corrected chi connectivity index (χ4v) is 3.18. The summed E-state index contributed by atoms with van der Waals surface area (Å²) in [6.07, 6.45) is 1.22. The van der Waals surface area contributed by atoms with Crippen molar-refractivity contribution in [3.05, 3.63) is 71.3 Å². The molecule has 0 aliphatic rings. The average Bonchev–Trinajstić information content (AvgIpc) is 2.68. The van der Waals surface area contributed by atoms with Crippen molar-refractivity contribution in [2.75, 3.05) is 19.6 Å². The van der Waals surface area contributed by atoms with Crippen molar-refractivity contribution < 1.29 is 4.79 Å². The van der Waals surface area contributed by atoms with Gasteiger partial charge in [-0.2, -0.15) is 5.26 Å².